The Morgan fingerprint density at radius 3 is 2.16 bits per heavy atom. The van der Waals surface area contributed by atoms with Gasteiger partial charge in [-0.2, -0.15) is 5.26 Å². The maximum Gasteiger partial charge on any atom is 0.352 e. The second kappa shape index (κ2) is 12.0. The summed E-state index contributed by atoms with van der Waals surface area (Å²) >= 11 is 0. The fourth-order valence-corrected chi connectivity index (χ4v) is 12.2. The number of rotatable bonds is 3. The number of hydrogen-bond donors (Lipinski definition) is 2. The van der Waals surface area contributed by atoms with E-state index in [1.54, 1.807) is 6.92 Å². The molecular formula is C37H61N3O5. The lowest BCUT2D eigenvalue weighted by Gasteiger charge is -2.71. The number of nitrogens with one attached hydrogen (secondary N) is 1. The molecule has 7 atom stereocenters. The molecule has 254 valence electrons. The minimum Gasteiger partial charge on any atom is -0.304 e. The Morgan fingerprint density at radius 2 is 1.56 bits per heavy atom. The summed E-state index contributed by atoms with van der Waals surface area (Å²) in [6.45, 7) is 22.3. The molecule has 0 spiro atoms. The highest BCUT2D eigenvalue weighted by Crippen LogP contribution is 2.76. The van der Waals surface area contributed by atoms with Crippen molar-refractivity contribution in [3.05, 3.63) is 11.1 Å². The van der Waals surface area contributed by atoms with E-state index in [0.717, 1.165) is 56.1 Å². The number of piperazine rings is 1. The fraction of sp³-hybridized carbons (Fsp3) is 0.865. The highest BCUT2D eigenvalue weighted by atomic mass is 17.1. The first-order chi connectivity index (χ1) is 21.0. The molecule has 6 aliphatic rings. The number of amides is 1. The van der Waals surface area contributed by atoms with E-state index >= 15 is 0 Å². The van der Waals surface area contributed by atoms with E-state index in [1.165, 1.54) is 38.5 Å². The summed E-state index contributed by atoms with van der Waals surface area (Å²) in [5.74, 6) is 1.25. The number of carbonyl (C=O) groups excluding carboxylic acids is 3. The zero-order valence-corrected chi connectivity index (χ0v) is 29.7. The molecule has 0 aromatic heterocycles. The molecule has 0 radical (unpaired) electrons. The Labute approximate surface area is 272 Å². The van der Waals surface area contributed by atoms with Crippen LogP contribution in [0.4, 0.5) is 0 Å². The number of likely N-dealkylation sites (N-methyl/N-ethyl adjacent to an activating group) is 1. The topological polar surface area (TPSA) is 99.2 Å². The molecule has 0 bridgehead atoms. The third-order valence-corrected chi connectivity index (χ3v) is 14.5. The molecule has 1 saturated heterocycles. The van der Waals surface area contributed by atoms with E-state index in [4.69, 9.17) is 0 Å². The molecule has 45 heavy (non-hydrogen) atoms. The van der Waals surface area contributed by atoms with Gasteiger partial charge < -0.3 is 9.79 Å². The van der Waals surface area contributed by atoms with Gasteiger partial charge in [0, 0.05) is 39.5 Å². The standard InChI is InChI=1S/C30H46O4.C7H15N3O/c1-18(2)23-20(31)17-30(25(32)34-33)16-15-28(6)19(24(23)30)9-10-22-27(5)13-8-12-26(3,4)21(27)11-14-29(22,28)7;1-7(11)8-10-5-3-9(2)4-6-10/h18-19,21-22,33H,8-17H2,1-7H3;3-6H2,1-2H3,(H,8,11)/t19-,21+,22-,27+,28-,29-,30-;/m1./s1. The van der Waals surface area contributed by atoms with Crippen molar-refractivity contribution in [2.45, 2.75) is 120 Å². The zero-order chi connectivity index (χ0) is 33.2. The van der Waals surface area contributed by atoms with E-state index in [9.17, 15) is 19.6 Å². The van der Waals surface area contributed by atoms with Crippen LogP contribution in [0, 0.1) is 50.7 Å². The molecule has 1 aliphatic heterocycles. The molecule has 0 aromatic carbocycles. The van der Waals surface area contributed by atoms with Crippen LogP contribution in [0.2, 0.25) is 0 Å². The Balaban J connectivity index is 0.000000309. The molecule has 4 saturated carbocycles. The van der Waals surface area contributed by atoms with E-state index in [2.05, 4.69) is 70.7 Å². The fourth-order valence-electron chi connectivity index (χ4n) is 12.2. The third kappa shape index (κ3) is 5.43. The lowest BCUT2D eigenvalue weighted by Crippen LogP contribution is -2.64. The number of hydrazine groups is 1. The van der Waals surface area contributed by atoms with E-state index in [-0.39, 0.29) is 40.8 Å². The molecule has 1 amide bonds. The minimum absolute atomic E-state index is 0.0227. The maximum atomic E-state index is 13.3. The average Bonchev–Trinajstić information content (AvgIpc) is 3.27. The molecule has 1 heterocycles. The molecule has 6 rings (SSSR count). The first-order valence-corrected chi connectivity index (χ1v) is 17.8. The van der Waals surface area contributed by atoms with Crippen LogP contribution in [-0.4, -0.2) is 66.1 Å². The highest BCUT2D eigenvalue weighted by molar-refractivity contribution is 6.05. The van der Waals surface area contributed by atoms with Gasteiger partial charge in [0.25, 0.3) is 0 Å². The van der Waals surface area contributed by atoms with Crippen molar-refractivity contribution in [3.63, 3.8) is 0 Å². The van der Waals surface area contributed by atoms with Gasteiger partial charge in [-0.3, -0.25) is 15.0 Å². The summed E-state index contributed by atoms with van der Waals surface area (Å²) in [6, 6.07) is 0. The highest BCUT2D eigenvalue weighted by Gasteiger charge is 2.70. The number of fused-ring (bicyclic) bond motifs is 7. The van der Waals surface area contributed by atoms with Gasteiger partial charge in [-0.15, -0.1) is 0 Å². The molecular weight excluding hydrogens is 566 g/mol. The molecule has 8 nitrogen and oxygen atoms in total. The Morgan fingerprint density at radius 1 is 0.889 bits per heavy atom. The minimum atomic E-state index is -0.952. The van der Waals surface area contributed by atoms with Crippen LogP contribution in [0.15, 0.2) is 11.1 Å². The Kier molecular flexibility index (Phi) is 9.24. The van der Waals surface area contributed by atoms with Crippen LogP contribution in [0.25, 0.3) is 0 Å². The van der Waals surface area contributed by atoms with Crippen molar-refractivity contribution in [2.75, 3.05) is 33.2 Å². The number of carbonyl (C=O) groups is 3. The van der Waals surface area contributed by atoms with Crippen molar-refractivity contribution < 1.29 is 24.5 Å². The van der Waals surface area contributed by atoms with Gasteiger partial charge in [0.15, 0.2) is 5.78 Å². The summed E-state index contributed by atoms with van der Waals surface area (Å²) in [5, 5.41) is 11.4. The number of Topliss-reactive ketones (excluding diaryl/α,β-unsaturated/α-hetero) is 1. The molecule has 0 aromatic rings. The predicted octanol–water partition coefficient (Wildman–Crippen LogP) is 6.66. The van der Waals surface area contributed by atoms with Crippen LogP contribution in [0.1, 0.15) is 120 Å². The lowest BCUT2D eigenvalue weighted by molar-refractivity contribution is -0.250. The van der Waals surface area contributed by atoms with Crippen LogP contribution in [-0.2, 0) is 19.3 Å². The van der Waals surface area contributed by atoms with Gasteiger partial charge in [0.05, 0.1) is 0 Å². The molecule has 5 fully saturated rings. The van der Waals surface area contributed by atoms with Crippen molar-refractivity contribution in [2.24, 2.45) is 50.7 Å². The van der Waals surface area contributed by atoms with Crippen LogP contribution in [0.3, 0.4) is 0 Å². The van der Waals surface area contributed by atoms with E-state index < -0.39 is 11.4 Å². The summed E-state index contributed by atoms with van der Waals surface area (Å²) in [4.78, 5) is 43.7. The second-order valence-electron chi connectivity index (χ2n) is 17.5. The Bertz CT molecular complexity index is 1220. The average molecular weight is 628 g/mol. The van der Waals surface area contributed by atoms with Crippen molar-refractivity contribution in [3.8, 4) is 0 Å². The number of nitrogens with zero attached hydrogens (tertiary/aromatic N) is 2. The van der Waals surface area contributed by atoms with Crippen LogP contribution < -0.4 is 5.43 Å². The summed E-state index contributed by atoms with van der Waals surface area (Å²) in [5.41, 5.74) is 4.73. The van der Waals surface area contributed by atoms with Crippen molar-refractivity contribution in [1.29, 1.82) is 0 Å². The monoisotopic (exact) mass is 627 g/mol. The molecule has 2 N–H and O–H groups in total. The smallest absolute Gasteiger partial charge is 0.304 e. The van der Waals surface area contributed by atoms with Gasteiger partial charge in [-0.05, 0) is 115 Å². The molecule has 0 unspecified atom stereocenters. The first kappa shape index (κ1) is 34.6. The predicted molar refractivity (Wildman–Crippen MR) is 176 cm³/mol. The van der Waals surface area contributed by atoms with E-state index in [0.29, 0.717) is 23.2 Å². The van der Waals surface area contributed by atoms with Gasteiger partial charge in [-0.25, -0.2) is 9.80 Å². The number of hydrogen-bond acceptors (Lipinski definition) is 7. The van der Waals surface area contributed by atoms with Crippen molar-refractivity contribution >= 4 is 17.7 Å². The quantitative estimate of drug-likeness (QED) is 0.267. The molecule has 8 heteroatoms. The zero-order valence-electron chi connectivity index (χ0n) is 29.7. The lowest BCUT2D eigenvalue weighted by atomic mass is 9.33. The summed E-state index contributed by atoms with van der Waals surface area (Å²) in [6.07, 6.45) is 10.5. The SMILES string of the molecule is CC(=O)NN1CCN(C)CC1.CC(C)C1=C2[C@H]3CC[C@@H]4[C@@]5(C)CCCC(C)(C)[C@@H]5CC[C@@]4(C)[C@]3(C)CC[C@@]2(C(=O)OO)CC1=O. The van der Waals surface area contributed by atoms with Crippen LogP contribution >= 0.6 is 0 Å². The normalized spacial score (nSPS) is 41.2. The maximum absolute atomic E-state index is 13.3. The first-order valence-electron chi connectivity index (χ1n) is 17.8. The largest absolute Gasteiger partial charge is 0.352 e. The van der Waals surface area contributed by atoms with Gasteiger partial charge >= 0.3 is 5.97 Å². The van der Waals surface area contributed by atoms with Crippen LogP contribution in [0.5, 0.6) is 0 Å². The van der Waals surface area contributed by atoms with Gasteiger partial charge in [0.1, 0.15) is 5.41 Å². The van der Waals surface area contributed by atoms with Gasteiger partial charge in [0.2, 0.25) is 5.91 Å². The third-order valence-electron chi connectivity index (χ3n) is 14.5. The van der Waals surface area contributed by atoms with Crippen molar-refractivity contribution in [1.82, 2.24) is 15.3 Å². The van der Waals surface area contributed by atoms with Gasteiger partial charge in [-0.1, -0.05) is 54.9 Å². The second-order valence-corrected chi connectivity index (χ2v) is 17.5. The van der Waals surface area contributed by atoms with E-state index in [1.807, 2.05) is 5.01 Å². The molecule has 5 aliphatic carbocycles. The number of ketones is 1. The number of allylic oxidation sites excluding steroid dienone is 1. The Hall–Kier alpha value is -1.77. The summed E-state index contributed by atoms with van der Waals surface area (Å²) in [7, 11) is 2.09. The summed E-state index contributed by atoms with van der Waals surface area (Å²) < 4.78 is 0.